The highest BCUT2D eigenvalue weighted by molar-refractivity contribution is 5.53. The van der Waals surface area contributed by atoms with Crippen molar-refractivity contribution in [3.05, 3.63) is 74.3 Å². The minimum Gasteiger partial charge on any atom is -0.366 e. The molecule has 110 valence electrons. The summed E-state index contributed by atoms with van der Waals surface area (Å²) < 4.78 is 0. The lowest BCUT2D eigenvalue weighted by atomic mass is 10.1. The second-order valence-corrected chi connectivity index (χ2v) is 4.36. The summed E-state index contributed by atoms with van der Waals surface area (Å²) in [6, 6.07) is 12.5. The standard InChI is InChI=1S/C14H10N4O4/c15-9-14(10-4-6-12(7-5-10)17(19)20)16-11-2-1-3-13(8-11)18(21)22/h1-8,14,16H. The zero-order valence-corrected chi connectivity index (χ0v) is 11.2. The highest BCUT2D eigenvalue weighted by Gasteiger charge is 2.14. The van der Waals surface area contributed by atoms with Crippen LogP contribution in [0.4, 0.5) is 17.1 Å². The number of hydrogen-bond donors (Lipinski definition) is 1. The quantitative estimate of drug-likeness (QED) is 0.668. The molecular weight excluding hydrogens is 288 g/mol. The van der Waals surface area contributed by atoms with Crippen LogP contribution in [0.2, 0.25) is 0 Å². The molecule has 0 saturated carbocycles. The largest absolute Gasteiger partial charge is 0.366 e. The van der Waals surface area contributed by atoms with E-state index < -0.39 is 15.9 Å². The predicted molar refractivity (Wildman–Crippen MR) is 78.2 cm³/mol. The van der Waals surface area contributed by atoms with Crippen molar-refractivity contribution in [3.63, 3.8) is 0 Å². The second kappa shape index (κ2) is 6.32. The summed E-state index contributed by atoms with van der Waals surface area (Å²) in [6.07, 6.45) is 0. The van der Waals surface area contributed by atoms with E-state index >= 15 is 0 Å². The van der Waals surface area contributed by atoms with Crippen molar-refractivity contribution >= 4 is 17.1 Å². The monoisotopic (exact) mass is 298 g/mol. The molecule has 0 bridgehead atoms. The number of hydrogen-bond acceptors (Lipinski definition) is 6. The molecule has 2 aromatic rings. The topological polar surface area (TPSA) is 122 Å². The van der Waals surface area contributed by atoms with E-state index in [1.165, 1.54) is 42.5 Å². The average molecular weight is 298 g/mol. The molecule has 2 rings (SSSR count). The highest BCUT2D eigenvalue weighted by Crippen LogP contribution is 2.24. The number of nitriles is 1. The van der Waals surface area contributed by atoms with E-state index in [0.717, 1.165) is 0 Å². The lowest BCUT2D eigenvalue weighted by molar-refractivity contribution is -0.385. The molecule has 1 unspecified atom stereocenters. The van der Waals surface area contributed by atoms with E-state index in [9.17, 15) is 25.5 Å². The number of nitro groups is 2. The van der Waals surface area contributed by atoms with Gasteiger partial charge in [0.15, 0.2) is 0 Å². The summed E-state index contributed by atoms with van der Waals surface area (Å²) in [6.45, 7) is 0. The van der Waals surface area contributed by atoms with E-state index in [1.54, 1.807) is 6.07 Å². The first-order chi connectivity index (χ1) is 10.5. The van der Waals surface area contributed by atoms with Gasteiger partial charge in [0, 0.05) is 30.0 Å². The molecule has 1 atom stereocenters. The molecule has 0 fully saturated rings. The summed E-state index contributed by atoms with van der Waals surface area (Å²) in [5.74, 6) is 0. The van der Waals surface area contributed by atoms with Gasteiger partial charge in [-0.2, -0.15) is 5.26 Å². The Morgan fingerprint density at radius 2 is 1.64 bits per heavy atom. The van der Waals surface area contributed by atoms with Crippen LogP contribution < -0.4 is 5.32 Å². The molecule has 1 N–H and O–H groups in total. The Hall–Kier alpha value is -3.47. The van der Waals surface area contributed by atoms with E-state index in [-0.39, 0.29) is 11.4 Å². The van der Waals surface area contributed by atoms with E-state index in [0.29, 0.717) is 11.3 Å². The SMILES string of the molecule is N#CC(Nc1cccc([N+](=O)[O-])c1)c1ccc([N+](=O)[O-])cc1. The first-order valence-corrected chi connectivity index (χ1v) is 6.16. The summed E-state index contributed by atoms with van der Waals surface area (Å²) in [5, 5.41) is 33.4. The van der Waals surface area contributed by atoms with Gasteiger partial charge in [0.2, 0.25) is 0 Å². The fourth-order valence-electron chi connectivity index (χ4n) is 1.85. The first kappa shape index (κ1) is 14.9. The van der Waals surface area contributed by atoms with Crippen LogP contribution in [0.15, 0.2) is 48.5 Å². The molecule has 8 nitrogen and oxygen atoms in total. The molecule has 0 aliphatic rings. The first-order valence-electron chi connectivity index (χ1n) is 6.16. The van der Waals surface area contributed by atoms with Gasteiger partial charge in [0.05, 0.1) is 15.9 Å². The van der Waals surface area contributed by atoms with Gasteiger partial charge in [-0.25, -0.2) is 0 Å². The van der Waals surface area contributed by atoms with Crippen LogP contribution in [0.3, 0.4) is 0 Å². The summed E-state index contributed by atoms with van der Waals surface area (Å²) in [5.41, 5.74) is 0.778. The molecule has 0 spiro atoms. The highest BCUT2D eigenvalue weighted by atomic mass is 16.6. The smallest absolute Gasteiger partial charge is 0.271 e. The van der Waals surface area contributed by atoms with Gasteiger partial charge in [-0.05, 0) is 23.8 Å². The van der Waals surface area contributed by atoms with Crippen LogP contribution in [0.1, 0.15) is 11.6 Å². The van der Waals surface area contributed by atoms with Gasteiger partial charge >= 0.3 is 0 Å². The van der Waals surface area contributed by atoms with Crippen LogP contribution in [0.25, 0.3) is 0 Å². The minimum atomic E-state index is -0.775. The number of rotatable bonds is 5. The molecular formula is C14H10N4O4. The van der Waals surface area contributed by atoms with Crippen molar-refractivity contribution in [2.24, 2.45) is 0 Å². The third-order valence-corrected chi connectivity index (χ3v) is 2.93. The molecule has 0 saturated heterocycles. The summed E-state index contributed by atoms with van der Waals surface area (Å²) >= 11 is 0. The third kappa shape index (κ3) is 3.34. The fourth-order valence-corrected chi connectivity index (χ4v) is 1.85. The van der Waals surface area contributed by atoms with Crippen molar-refractivity contribution < 1.29 is 9.85 Å². The zero-order chi connectivity index (χ0) is 16.1. The van der Waals surface area contributed by atoms with Crippen LogP contribution >= 0.6 is 0 Å². The third-order valence-electron chi connectivity index (χ3n) is 2.93. The Balaban J connectivity index is 2.22. The molecule has 0 aliphatic carbocycles. The van der Waals surface area contributed by atoms with Crippen molar-refractivity contribution in [2.75, 3.05) is 5.32 Å². The fraction of sp³-hybridized carbons (Fsp3) is 0.0714. The Morgan fingerprint density at radius 1 is 1.00 bits per heavy atom. The van der Waals surface area contributed by atoms with Gasteiger partial charge in [-0.3, -0.25) is 20.2 Å². The molecule has 22 heavy (non-hydrogen) atoms. The molecule has 0 radical (unpaired) electrons. The van der Waals surface area contributed by atoms with Gasteiger partial charge in [0.25, 0.3) is 11.4 Å². The summed E-state index contributed by atoms with van der Waals surface area (Å²) in [4.78, 5) is 20.3. The lowest BCUT2D eigenvalue weighted by Crippen LogP contribution is -2.08. The number of anilines is 1. The molecule has 0 heterocycles. The minimum absolute atomic E-state index is 0.0733. The number of nitro benzene ring substituents is 2. The maximum absolute atomic E-state index is 10.7. The summed E-state index contributed by atoms with van der Waals surface area (Å²) in [7, 11) is 0. The van der Waals surface area contributed by atoms with Gasteiger partial charge in [-0.1, -0.05) is 6.07 Å². The van der Waals surface area contributed by atoms with Gasteiger partial charge in [-0.15, -0.1) is 0 Å². The maximum Gasteiger partial charge on any atom is 0.271 e. The number of nitrogens with zero attached hydrogens (tertiary/aromatic N) is 3. The van der Waals surface area contributed by atoms with Crippen molar-refractivity contribution in [3.8, 4) is 6.07 Å². The number of benzene rings is 2. The van der Waals surface area contributed by atoms with Crippen molar-refractivity contribution in [1.29, 1.82) is 5.26 Å². The Bertz CT molecular complexity index is 752. The Morgan fingerprint density at radius 3 is 2.18 bits per heavy atom. The van der Waals surface area contributed by atoms with Crippen molar-refractivity contribution in [1.82, 2.24) is 0 Å². The van der Waals surface area contributed by atoms with Crippen LogP contribution in [0, 0.1) is 31.6 Å². The number of nitrogens with one attached hydrogen (secondary N) is 1. The van der Waals surface area contributed by atoms with E-state index in [1.807, 2.05) is 6.07 Å². The molecule has 2 aromatic carbocycles. The molecule has 0 aromatic heterocycles. The molecule has 8 heteroatoms. The number of non-ortho nitro benzene ring substituents is 2. The van der Waals surface area contributed by atoms with Crippen LogP contribution in [-0.4, -0.2) is 9.85 Å². The molecule has 0 aliphatic heterocycles. The zero-order valence-electron chi connectivity index (χ0n) is 11.2. The van der Waals surface area contributed by atoms with E-state index in [4.69, 9.17) is 0 Å². The average Bonchev–Trinajstić information content (AvgIpc) is 2.53. The normalized spacial score (nSPS) is 11.2. The Labute approximate surface area is 124 Å². The predicted octanol–water partition coefficient (Wildman–Crippen LogP) is 3.18. The van der Waals surface area contributed by atoms with E-state index in [2.05, 4.69) is 5.32 Å². The van der Waals surface area contributed by atoms with Crippen molar-refractivity contribution in [2.45, 2.75) is 6.04 Å². The van der Waals surface area contributed by atoms with Crippen LogP contribution in [0.5, 0.6) is 0 Å². The Kier molecular flexibility index (Phi) is 4.29. The van der Waals surface area contributed by atoms with Crippen LogP contribution in [-0.2, 0) is 0 Å². The second-order valence-electron chi connectivity index (χ2n) is 4.36. The molecule has 0 amide bonds. The lowest BCUT2D eigenvalue weighted by Gasteiger charge is -2.13. The van der Waals surface area contributed by atoms with Gasteiger partial charge in [0.1, 0.15) is 6.04 Å². The van der Waals surface area contributed by atoms with Gasteiger partial charge < -0.3 is 5.32 Å². The maximum atomic E-state index is 10.7.